The van der Waals surface area contributed by atoms with Crippen LogP contribution in [0.1, 0.15) is 19.7 Å². The number of benzene rings is 1. The zero-order valence-corrected chi connectivity index (χ0v) is 11.6. The van der Waals surface area contributed by atoms with Crippen LogP contribution in [0.2, 0.25) is 0 Å². The molecule has 1 aromatic heterocycles. The Morgan fingerprint density at radius 1 is 1.12 bits per heavy atom. The highest BCUT2D eigenvalue weighted by Crippen LogP contribution is 2.19. The lowest BCUT2D eigenvalue weighted by Crippen LogP contribution is -1.94. The zero-order valence-electron chi connectivity index (χ0n) is 10.0. The Labute approximate surface area is 105 Å². The highest BCUT2D eigenvalue weighted by molar-refractivity contribution is 9.10. The summed E-state index contributed by atoms with van der Waals surface area (Å²) >= 11 is 3.40. The van der Waals surface area contributed by atoms with Gasteiger partial charge in [-0.25, -0.2) is 9.67 Å². The fraction of sp³-hybridized carbons (Fsp3) is 0.333. The number of hydrogen-bond donors (Lipinski definition) is 0. The molecule has 86 valence electrons. The summed E-state index contributed by atoms with van der Waals surface area (Å²) < 4.78 is 2.86. The maximum atomic E-state index is 4.35. The molecule has 2 aromatic rings. The molecule has 3 nitrogen and oxygen atoms in total. The Kier molecular flexibility index (Phi) is 4.68. The van der Waals surface area contributed by atoms with E-state index in [-0.39, 0.29) is 0 Å². The van der Waals surface area contributed by atoms with E-state index in [0.29, 0.717) is 0 Å². The number of aromatic nitrogens is 3. The van der Waals surface area contributed by atoms with Crippen LogP contribution in [0.25, 0.3) is 11.4 Å². The Balaban J connectivity index is 0.000000606. The van der Waals surface area contributed by atoms with E-state index in [1.54, 1.807) is 4.68 Å². The van der Waals surface area contributed by atoms with Crippen LogP contribution in [-0.2, 0) is 7.05 Å². The standard InChI is InChI=1S/C10H10BrN3.C2H6/c1-7-12-10(14(2)13-7)8-3-5-9(11)6-4-8;1-2/h3-6H,1-2H3;1-2H3. The average molecular weight is 282 g/mol. The van der Waals surface area contributed by atoms with Gasteiger partial charge in [-0.05, 0) is 19.1 Å². The van der Waals surface area contributed by atoms with E-state index in [2.05, 4.69) is 26.0 Å². The van der Waals surface area contributed by atoms with Crippen molar-refractivity contribution in [3.8, 4) is 11.4 Å². The predicted octanol–water partition coefficient (Wildman–Crippen LogP) is 3.58. The Hall–Kier alpha value is -1.16. The molecule has 0 aliphatic rings. The van der Waals surface area contributed by atoms with Crippen LogP contribution in [0.5, 0.6) is 0 Å². The van der Waals surface area contributed by atoms with Gasteiger partial charge in [0, 0.05) is 17.1 Å². The maximum Gasteiger partial charge on any atom is 0.158 e. The normalized spacial score (nSPS) is 9.56. The lowest BCUT2D eigenvalue weighted by molar-refractivity contribution is 0.764. The highest BCUT2D eigenvalue weighted by Gasteiger charge is 2.05. The van der Waals surface area contributed by atoms with Crippen LogP contribution < -0.4 is 0 Å². The molecule has 0 fully saturated rings. The van der Waals surface area contributed by atoms with E-state index in [0.717, 1.165) is 21.7 Å². The minimum absolute atomic E-state index is 0.797. The SMILES string of the molecule is CC.Cc1nc(-c2ccc(Br)cc2)n(C)n1. The predicted molar refractivity (Wildman–Crippen MR) is 70.2 cm³/mol. The molecule has 4 heteroatoms. The van der Waals surface area contributed by atoms with E-state index in [1.165, 1.54) is 0 Å². The van der Waals surface area contributed by atoms with Gasteiger partial charge in [-0.2, -0.15) is 5.10 Å². The molecule has 0 unspecified atom stereocenters. The second-order valence-electron chi connectivity index (χ2n) is 3.11. The monoisotopic (exact) mass is 281 g/mol. The van der Waals surface area contributed by atoms with Crippen LogP contribution >= 0.6 is 15.9 Å². The van der Waals surface area contributed by atoms with Crippen molar-refractivity contribution >= 4 is 15.9 Å². The molecule has 0 atom stereocenters. The molecule has 0 aliphatic carbocycles. The molecule has 0 aliphatic heterocycles. The van der Waals surface area contributed by atoms with Crippen LogP contribution in [0, 0.1) is 6.92 Å². The van der Waals surface area contributed by atoms with E-state index in [1.807, 2.05) is 52.1 Å². The van der Waals surface area contributed by atoms with E-state index in [4.69, 9.17) is 0 Å². The van der Waals surface area contributed by atoms with Gasteiger partial charge in [0.2, 0.25) is 0 Å². The molecule has 2 rings (SSSR count). The lowest BCUT2D eigenvalue weighted by atomic mass is 10.2. The highest BCUT2D eigenvalue weighted by atomic mass is 79.9. The van der Waals surface area contributed by atoms with Crippen LogP contribution in [-0.4, -0.2) is 14.8 Å². The fourth-order valence-electron chi connectivity index (χ4n) is 1.36. The van der Waals surface area contributed by atoms with Crippen molar-refractivity contribution in [1.29, 1.82) is 0 Å². The number of halogens is 1. The average Bonchev–Trinajstić information content (AvgIpc) is 2.62. The van der Waals surface area contributed by atoms with Gasteiger partial charge in [-0.3, -0.25) is 0 Å². The van der Waals surface area contributed by atoms with Crippen molar-refractivity contribution in [3.63, 3.8) is 0 Å². The Bertz CT molecular complexity index is 446. The number of aryl methyl sites for hydroxylation is 2. The number of hydrogen-bond acceptors (Lipinski definition) is 2. The van der Waals surface area contributed by atoms with Crippen molar-refractivity contribution in [3.05, 3.63) is 34.6 Å². The molecule has 0 spiro atoms. The smallest absolute Gasteiger partial charge is 0.158 e. The third kappa shape index (κ3) is 2.92. The minimum atomic E-state index is 0.797. The van der Waals surface area contributed by atoms with Gasteiger partial charge in [0.05, 0.1) is 0 Å². The summed E-state index contributed by atoms with van der Waals surface area (Å²) in [4.78, 5) is 4.35. The molecule has 1 heterocycles. The van der Waals surface area contributed by atoms with Crippen molar-refractivity contribution in [2.24, 2.45) is 7.05 Å². The first-order valence-corrected chi connectivity index (χ1v) is 6.09. The third-order valence-electron chi connectivity index (χ3n) is 1.97. The van der Waals surface area contributed by atoms with Crippen LogP contribution in [0.4, 0.5) is 0 Å². The molecule has 0 amide bonds. The molecule has 0 radical (unpaired) electrons. The summed E-state index contributed by atoms with van der Waals surface area (Å²) in [6.07, 6.45) is 0. The molecule has 1 aromatic carbocycles. The van der Waals surface area contributed by atoms with E-state index in [9.17, 15) is 0 Å². The molecular formula is C12H16BrN3. The maximum absolute atomic E-state index is 4.35. The van der Waals surface area contributed by atoms with Gasteiger partial charge in [0.1, 0.15) is 5.82 Å². The van der Waals surface area contributed by atoms with Crippen molar-refractivity contribution in [1.82, 2.24) is 14.8 Å². The van der Waals surface area contributed by atoms with E-state index >= 15 is 0 Å². The second kappa shape index (κ2) is 5.80. The van der Waals surface area contributed by atoms with Crippen LogP contribution in [0.3, 0.4) is 0 Å². The van der Waals surface area contributed by atoms with Gasteiger partial charge in [0.15, 0.2) is 5.82 Å². The summed E-state index contributed by atoms with van der Waals surface area (Å²) in [5.41, 5.74) is 1.08. The van der Waals surface area contributed by atoms with Crippen molar-refractivity contribution in [2.45, 2.75) is 20.8 Å². The molecular weight excluding hydrogens is 266 g/mol. The van der Waals surface area contributed by atoms with Gasteiger partial charge in [-0.15, -0.1) is 0 Å². The molecule has 0 saturated heterocycles. The van der Waals surface area contributed by atoms with Gasteiger partial charge in [0.25, 0.3) is 0 Å². The topological polar surface area (TPSA) is 30.7 Å². The van der Waals surface area contributed by atoms with Crippen molar-refractivity contribution < 1.29 is 0 Å². The molecule has 0 saturated carbocycles. The molecule has 0 bridgehead atoms. The third-order valence-corrected chi connectivity index (χ3v) is 2.50. The summed E-state index contributed by atoms with van der Waals surface area (Å²) in [6, 6.07) is 8.04. The van der Waals surface area contributed by atoms with Crippen LogP contribution in [0.15, 0.2) is 28.7 Å². The lowest BCUT2D eigenvalue weighted by Gasteiger charge is -1.99. The summed E-state index contributed by atoms with van der Waals surface area (Å²) in [5, 5.41) is 4.20. The quantitative estimate of drug-likeness (QED) is 0.800. The molecule has 16 heavy (non-hydrogen) atoms. The summed E-state index contributed by atoms with van der Waals surface area (Å²) in [7, 11) is 1.90. The first-order valence-electron chi connectivity index (χ1n) is 5.30. The first kappa shape index (κ1) is 12.9. The minimum Gasteiger partial charge on any atom is -0.249 e. The van der Waals surface area contributed by atoms with Gasteiger partial charge < -0.3 is 0 Å². The number of nitrogens with zero attached hydrogens (tertiary/aromatic N) is 3. The second-order valence-corrected chi connectivity index (χ2v) is 4.03. The Morgan fingerprint density at radius 3 is 2.12 bits per heavy atom. The fourth-order valence-corrected chi connectivity index (χ4v) is 1.63. The van der Waals surface area contributed by atoms with E-state index < -0.39 is 0 Å². The number of rotatable bonds is 1. The first-order chi connectivity index (χ1) is 7.66. The van der Waals surface area contributed by atoms with Gasteiger partial charge >= 0.3 is 0 Å². The van der Waals surface area contributed by atoms with Crippen molar-refractivity contribution in [2.75, 3.05) is 0 Å². The summed E-state index contributed by atoms with van der Waals surface area (Å²) in [5.74, 6) is 1.69. The largest absolute Gasteiger partial charge is 0.249 e. The summed E-state index contributed by atoms with van der Waals surface area (Å²) in [6.45, 7) is 5.89. The molecule has 0 N–H and O–H groups in total. The zero-order chi connectivity index (χ0) is 12.1. The van der Waals surface area contributed by atoms with Gasteiger partial charge in [-0.1, -0.05) is 41.9 Å². The Morgan fingerprint density at radius 2 is 1.69 bits per heavy atom.